The Labute approximate surface area is 69.5 Å². The zero-order valence-electron chi connectivity index (χ0n) is 6.75. The van der Waals surface area contributed by atoms with Crippen molar-refractivity contribution >= 4 is 5.97 Å². The van der Waals surface area contributed by atoms with E-state index >= 15 is 0 Å². The predicted molar refractivity (Wildman–Crippen MR) is 40.1 cm³/mol. The summed E-state index contributed by atoms with van der Waals surface area (Å²) in [7, 11) is 1.27. The van der Waals surface area contributed by atoms with Crippen LogP contribution in [0.1, 0.15) is 11.5 Å². The number of hydrogen-bond acceptors (Lipinski definition) is 4. The molecule has 4 nitrogen and oxygen atoms in total. The third kappa shape index (κ3) is 1.86. The minimum Gasteiger partial charge on any atom is -0.459 e. The van der Waals surface area contributed by atoms with E-state index in [1.807, 2.05) is 0 Å². The molecule has 0 saturated heterocycles. The smallest absolute Gasteiger partial charge is 0.384 e. The fraction of sp³-hybridized carbons (Fsp3) is 0.250. The lowest BCUT2D eigenvalue weighted by atomic mass is 10.4. The largest absolute Gasteiger partial charge is 0.459 e. The van der Waals surface area contributed by atoms with Crippen molar-refractivity contribution in [2.75, 3.05) is 7.11 Å². The molecule has 0 radical (unpaired) electrons. The van der Waals surface area contributed by atoms with Crippen LogP contribution in [0.3, 0.4) is 0 Å². The van der Waals surface area contributed by atoms with E-state index in [0.717, 1.165) is 0 Å². The van der Waals surface area contributed by atoms with E-state index in [1.165, 1.54) is 13.5 Å². The van der Waals surface area contributed by atoms with Gasteiger partial charge in [-0.3, -0.25) is 0 Å². The first-order valence-electron chi connectivity index (χ1n) is 3.24. The Kier molecular flexibility index (Phi) is 2.49. The SMILES string of the molecule is COC(=O)C#Cc1ocnc1C. The molecule has 0 aliphatic carbocycles. The van der Waals surface area contributed by atoms with E-state index in [1.54, 1.807) is 6.92 Å². The van der Waals surface area contributed by atoms with Crippen LogP contribution in [-0.2, 0) is 9.53 Å². The van der Waals surface area contributed by atoms with E-state index in [-0.39, 0.29) is 0 Å². The molecule has 62 valence electrons. The molecule has 1 aromatic rings. The highest BCUT2D eigenvalue weighted by atomic mass is 16.5. The normalized spacial score (nSPS) is 8.50. The summed E-state index contributed by atoms with van der Waals surface area (Å²) in [6.07, 6.45) is 1.27. The van der Waals surface area contributed by atoms with Gasteiger partial charge in [0.05, 0.1) is 12.8 Å². The number of carbonyl (C=O) groups is 1. The third-order valence-electron chi connectivity index (χ3n) is 1.21. The Morgan fingerprint density at radius 1 is 1.75 bits per heavy atom. The number of rotatable bonds is 0. The monoisotopic (exact) mass is 165 g/mol. The fourth-order valence-corrected chi connectivity index (χ4v) is 0.581. The average molecular weight is 165 g/mol. The molecule has 0 saturated carbocycles. The molecule has 1 aromatic heterocycles. The summed E-state index contributed by atoms with van der Waals surface area (Å²) in [5.41, 5.74) is 0.659. The Balaban J connectivity index is 2.79. The molecule has 0 aliphatic heterocycles. The second kappa shape index (κ2) is 3.58. The topological polar surface area (TPSA) is 52.3 Å². The van der Waals surface area contributed by atoms with Gasteiger partial charge in [0.25, 0.3) is 0 Å². The minimum absolute atomic E-state index is 0.389. The minimum atomic E-state index is -0.592. The standard InChI is InChI=1S/C8H7NO3/c1-6-7(12-5-9-6)3-4-8(10)11-2/h5H,1-2H3. The number of nitrogens with zero attached hydrogens (tertiary/aromatic N) is 1. The van der Waals surface area contributed by atoms with Gasteiger partial charge in [0.1, 0.15) is 0 Å². The van der Waals surface area contributed by atoms with E-state index in [9.17, 15) is 4.79 Å². The maximum Gasteiger partial charge on any atom is 0.384 e. The van der Waals surface area contributed by atoms with Crippen LogP contribution in [0, 0.1) is 18.8 Å². The number of esters is 1. The summed E-state index contributed by atoms with van der Waals surface area (Å²) in [5, 5.41) is 0. The van der Waals surface area contributed by atoms with Gasteiger partial charge in [0.2, 0.25) is 5.76 Å². The summed E-state index contributed by atoms with van der Waals surface area (Å²) in [4.78, 5) is 14.4. The van der Waals surface area contributed by atoms with Crippen molar-refractivity contribution in [3.05, 3.63) is 17.8 Å². The summed E-state index contributed by atoms with van der Waals surface area (Å²) in [6.45, 7) is 1.74. The van der Waals surface area contributed by atoms with Gasteiger partial charge in [-0.1, -0.05) is 0 Å². The van der Waals surface area contributed by atoms with E-state index in [4.69, 9.17) is 4.42 Å². The molecule has 12 heavy (non-hydrogen) atoms. The molecule has 1 heterocycles. The molecule has 0 aliphatic rings. The summed E-state index contributed by atoms with van der Waals surface area (Å²) < 4.78 is 9.18. The number of ether oxygens (including phenoxy) is 1. The first kappa shape index (κ1) is 8.34. The van der Waals surface area contributed by atoms with Crippen molar-refractivity contribution in [1.29, 1.82) is 0 Å². The predicted octanol–water partition coefficient (Wildman–Crippen LogP) is 0.508. The summed E-state index contributed by atoms with van der Waals surface area (Å²) >= 11 is 0. The molecular formula is C8H7NO3. The van der Waals surface area contributed by atoms with Crippen LogP contribution in [-0.4, -0.2) is 18.1 Å². The van der Waals surface area contributed by atoms with Crippen LogP contribution in [0.2, 0.25) is 0 Å². The molecule has 0 spiro atoms. The highest BCUT2D eigenvalue weighted by Gasteiger charge is 1.98. The molecule has 0 atom stereocenters. The second-order valence-corrected chi connectivity index (χ2v) is 2.01. The summed E-state index contributed by atoms with van der Waals surface area (Å²) in [6, 6.07) is 0. The first-order valence-corrected chi connectivity index (χ1v) is 3.24. The number of aryl methyl sites for hydroxylation is 1. The number of methoxy groups -OCH3 is 1. The van der Waals surface area contributed by atoms with E-state index in [0.29, 0.717) is 11.5 Å². The molecule has 0 N–H and O–H groups in total. The average Bonchev–Trinajstić information content (AvgIpc) is 2.47. The molecule has 4 heteroatoms. The van der Waals surface area contributed by atoms with Gasteiger partial charge in [-0.05, 0) is 12.8 Å². The van der Waals surface area contributed by atoms with Crippen LogP contribution in [0.25, 0.3) is 0 Å². The molecule has 0 bridgehead atoms. The quantitative estimate of drug-likeness (QED) is 0.415. The van der Waals surface area contributed by atoms with Gasteiger partial charge in [-0.25, -0.2) is 9.78 Å². The van der Waals surface area contributed by atoms with Gasteiger partial charge in [0, 0.05) is 5.92 Å². The van der Waals surface area contributed by atoms with Crippen LogP contribution < -0.4 is 0 Å². The van der Waals surface area contributed by atoms with Gasteiger partial charge in [-0.2, -0.15) is 0 Å². The van der Waals surface area contributed by atoms with Crippen molar-refractivity contribution < 1.29 is 13.9 Å². The van der Waals surface area contributed by atoms with Gasteiger partial charge in [-0.15, -0.1) is 0 Å². The van der Waals surface area contributed by atoms with Gasteiger partial charge < -0.3 is 9.15 Å². The van der Waals surface area contributed by atoms with Crippen LogP contribution in [0.4, 0.5) is 0 Å². The maximum atomic E-state index is 10.6. The zero-order chi connectivity index (χ0) is 8.97. The maximum absolute atomic E-state index is 10.6. The van der Waals surface area contributed by atoms with Crippen LogP contribution >= 0.6 is 0 Å². The molecule has 1 rings (SSSR count). The van der Waals surface area contributed by atoms with Crippen LogP contribution in [0.15, 0.2) is 10.8 Å². The van der Waals surface area contributed by atoms with Gasteiger partial charge >= 0.3 is 5.97 Å². The second-order valence-electron chi connectivity index (χ2n) is 2.01. The summed E-state index contributed by atoms with van der Waals surface area (Å²) in [5.74, 6) is 4.52. The highest BCUT2D eigenvalue weighted by Crippen LogP contribution is 2.01. The van der Waals surface area contributed by atoms with Crippen molar-refractivity contribution in [2.45, 2.75) is 6.92 Å². The number of aromatic nitrogens is 1. The van der Waals surface area contributed by atoms with E-state index < -0.39 is 5.97 Å². The van der Waals surface area contributed by atoms with Crippen molar-refractivity contribution in [3.63, 3.8) is 0 Å². The lowest BCUT2D eigenvalue weighted by molar-refractivity contribution is -0.133. The van der Waals surface area contributed by atoms with E-state index in [2.05, 4.69) is 21.6 Å². The lowest BCUT2D eigenvalue weighted by Crippen LogP contribution is -1.94. The van der Waals surface area contributed by atoms with Crippen LogP contribution in [0.5, 0.6) is 0 Å². The van der Waals surface area contributed by atoms with Crippen molar-refractivity contribution in [2.24, 2.45) is 0 Å². The Bertz CT molecular complexity index is 343. The third-order valence-corrected chi connectivity index (χ3v) is 1.21. The molecule has 0 fully saturated rings. The first-order chi connectivity index (χ1) is 5.74. The number of carbonyl (C=O) groups excluding carboxylic acids is 1. The Morgan fingerprint density at radius 2 is 2.50 bits per heavy atom. The highest BCUT2D eigenvalue weighted by molar-refractivity contribution is 5.88. The van der Waals surface area contributed by atoms with Gasteiger partial charge in [0.15, 0.2) is 6.39 Å². The Morgan fingerprint density at radius 3 is 3.00 bits per heavy atom. The molecule has 0 aromatic carbocycles. The molecule has 0 unspecified atom stereocenters. The molecule has 0 amide bonds. The lowest BCUT2D eigenvalue weighted by Gasteiger charge is -1.84. The Hall–Kier alpha value is -1.76. The molecular weight excluding hydrogens is 158 g/mol. The fourth-order valence-electron chi connectivity index (χ4n) is 0.581. The number of oxazole rings is 1. The zero-order valence-corrected chi connectivity index (χ0v) is 6.75. The number of hydrogen-bond donors (Lipinski definition) is 0. The van der Waals surface area contributed by atoms with Crippen molar-refractivity contribution in [1.82, 2.24) is 4.98 Å². The van der Waals surface area contributed by atoms with Crippen molar-refractivity contribution in [3.8, 4) is 11.8 Å².